The zero-order valence-electron chi connectivity index (χ0n) is 13.9. The standard InChI is InChI=1S/C11H15F13OSi2/c1-26-25-27(2,3)5-4-6(12,13)7(14,15)8(16,17)9(18,19)10(20,21)11(22,23)24/h4-5,26H2,1-3H3. The van der Waals surface area contributed by atoms with Gasteiger partial charge >= 0.3 is 35.8 Å². The summed E-state index contributed by atoms with van der Waals surface area (Å²) in [6.07, 6.45) is -9.56. The van der Waals surface area contributed by atoms with Crippen LogP contribution in [0.25, 0.3) is 0 Å². The van der Waals surface area contributed by atoms with E-state index >= 15 is 0 Å². The number of alkyl halides is 13. The van der Waals surface area contributed by atoms with Crippen molar-refractivity contribution in [2.45, 2.75) is 67.9 Å². The fraction of sp³-hybridized carbons (Fsp3) is 1.00. The molecule has 0 aliphatic carbocycles. The lowest BCUT2D eigenvalue weighted by Crippen LogP contribution is -2.70. The molecule has 164 valence electrons. The minimum atomic E-state index is -7.84. The maximum atomic E-state index is 13.6. The molecule has 0 amide bonds. The van der Waals surface area contributed by atoms with Crippen molar-refractivity contribution in [1.29, 1.82) is 0 Å². The molecule has 0 heterocycles. The molecule has 0 saturated carbocycles. The summed E-state index contributed by atoms with van der Waals surface area (Å²) in [4.78, 5) is 0. The van der Waals surface area contributed by atoms with Gasteiger partial charge in [0.2, 0.25) is 0 Å². The summed E-state index contributed by atoms with van der Waals surface area (Å²) in [7, 11) is -4.31. The third kappa shape index (κ3) is 4.57. The van der Waals surface area contributed by atoms with Crippen LogP contribution in [-0.2, 0) is 4.12 Å². The van der Waals surface area contributed by atoms with Crippen LogP contribution in [0.3, 0.4) is 0 Å². The Bertz CT molecular complexity index is 515. The van der Waals surface area contributed by atoms with Crippen LogP contribution in [0.2, 0.25) is 25.7 Å². The number of hydrogen-bond acceptors (Lipinski definition) is 1. The van der Waals surface area contributed by atoms with Gasteiger partial charge in [0.25, 0.3) is 0 Å². The first-order chi connectivity index (χ1) is 11.5. The number of hydrogen-bond donors (Lipinski definition) is 0. The van der Waals surface area contributed by atoms with Gasteiger partial charge in [-0.3, -0.25) is 0 Å². The highest BCUT2D eigenvalue weighted by Crippen LogP contribution is 2.60. The van der Waals surface area contributed by atoms with E-state index in [1.54, 1.807) is 0 Å². The molecule has 0 aromatic heterocycles. The largest absolute Gasteiger partial charge is 0.461 e. The van der Waals surface area contributed by atoms with Gasteiger partial charge in [0.15, 0.2) is 8.32 Å². The third-order valence-electron chi connectivity index (χ3n) is 3.57. The zero-order chi connectivity index (χ0) is 22.3. The van der Waals surface area contributed by atoms with Crippen LogP contribution >= 0.6 is 0 Å². The van der Waals surface area contributed by atoms with Crippen molar-refractivity contribution in [1.82, 2.24) is 0 Å². The smallest absolute Gasteiger partial charge is 0.460 e. The Morgan fingerprint density at radius 3 is 1.37 bits per heavy atom. The average molecular weight is 466 g/mol. The summed E-state index contributed by atoms with van der Waals surface area (Å²) in [5, 5.41) is 0. The van der Waals surface area contributed by atoms with E-state index in [4.69, 9.17) is 4.12 Å². The number of rotatable bonds is 9. The van der Waals surface area contributed by atoms with Gasteiger partial charge in [-0.25, -0.2) is 0 Å². The van der Waals surface area contributed by atoms with Crippen LogP contribution < -0.4 is 0 Å². The molecule has 0 N–H and O–H groups in total. The molecule has 0 radical (unpaired) electrons. The lowest BCUT2D eigenvalue weighted by molar-refractivity contribution is -0.439. The molecular formula is C11H15F13OSi2. The van der Waals surface area contributed by atoms with Crippen molar-refractivity contribution >= 4 is 18.1 Å². The minimum absolute atomic E-state index is 0.951. The highest BCUT2D eigenvalue weighted by Gasteiger charge is 2.90. The van der Waals surface area contributed by atoms with Gasteiger partial charge in [-0.05, 0) is 19.1 Å². The SMILES string of the molecule is C[SiH2]O[Si](C)(C)CCC(F)(F)C(F)(F)C(F)(F)C(F)(F)C(F)(F)C(F)(F)F. The molecule has 27 heavy (non-hydrogen) atoms. The monoisotopic (exact) mass is 466 g/mol. The van der Waals surface area contributed by atoms with Crippen LogP contribution in [0.1, 0.15) is 6.42 Å². The van der Waals surface area contributed by atoms with E-state index in [-0.39, 0.29) is 0 Å². The van der Waals surface area contributed by atoms with Crippen LogP contribution in [0.15, 0.2) is 0 Å². The molecule has 0 aromatic rings. The predicted molar refractivity (Wildman–Crippen MR) is 73.2 cm³/mol. The Hall–Kier alpha value is -0.516. The van der Waals surface area contributed by atoms with E-state index in [0.29, 0.717) is 0 Å². The Balaban J connectivity index is 5.94. The van der Waals surface area contributed by atoms with E-state index in [2.05, 4.69) is 0 Å². The molecule has 0 spiro atoms. The van der Waals surface area contributed by atoms with E-state index in [1.807, 2.05) is 0 Å². The topological polar surface area (TPSA) is 9.23 Å². The highest BCUT2D eigenvalue weighted by atomic mass is 28.4. The van der Waals surface area contributed by atoms with Crippen LogP contribution in [0, 0.1) is 0 Å². The third-order valence-corrected chi connectivity index (χ3v) is 9.31. The second-order valence-electron chi connectivity index (χ2n) is 6.19. The van der Waals surface area contributed by atoms with Crippen molar-refractivity contribution in [3.8, 4) is 0 Å². The maximum Gasteiger partial charge on any atom is 0.460 e. The summed E-state index contributed by atoms with van der Waals surface area (Å²) in [6, 6.07) is -0.951. The van der Waals surface area contributed by atoms with Crippen molar-refractivity contribution in [2.24, 2.45) is 0 Å². The summed E-state index contributed by atoms with van der Waals surface area (Å²) in [6.45, 7) is 3.97. The van der Waals surface area contributed by atoms with Crippen molar-refractivity contribution in [3.05, 3.63) is 0 Å². The fourth-order valence-electron chi connectivity index (χ4n) is 1.88. The second-order valence-corrected chi connectivity index (χ2v) is 11.9. The Kier molecular flexibility index (Phi) is 7.24. The molecule has 0 aliphatic rings. The van der Waals surface area contributed by atoms with E-state index in [1.165, 1.54) is 19.6 Å². The average Bonchev–Trinajstić information content (AvgIpc) is 2.43. The summed E-state index contributed by atoms with van der Waals surface area (Å²) in [5.41, 5.74) is 0. The highest BCUT2D eigenvalue weighted by molar-refractivity contribution is 6.75. The maximum absolute atomic E-state index is 13.6. The molecule has 1 nitrogen and oxygen atoms in total. The molecule has 0 saturated heterocycles. The molecule has 0 bridgehead atoms. The lowest BCUT2D eigenvalue weighted by atomic mass is 9.93. The number of halogens is 13. The lowest BCUT2D eigenvalue weighted by Gasteiger charge is -2.40. The first-order valence-corrected chi connectivity index (χ1v) is 12.2. The Morgan fingerprint density at radius 1 is 0.667 bits per heavy atom. The first-order valence-electron chi connectivity index (χ1n) is 7.11. The van der Waals surface area contributed by atoms with Crippen molar-refractivity contribution in [3.63, 3.8) is 0 Å². The van der Waals surface area contributed by atoms with Gasteiger partial charge in [0, 0.05) is 6.42 Å². The summed E-state index contributed by atoms with van der Waals surface area (Å²) >= 11 is 0. The summed E-state index contributed by atoms with van der Waals surface area (Å²) in [5.74, 6) is -36.5. The first kappa shape index (κ1) is 26.5. The molecule has 0 aliphatic heterocycles. The van der Waals surface area contributed by atoms with Crippen LogP contribution in [0.4, 0.5) is 57.1 Å². The fourth-order valence-corrected chi connectivity index (χ4v) is 6.50. The Morgan fingerprint density at radius 2 is 1.04 bits per heavy atom. The van der Waals surface area contributed by atoms with Crippen LogP contribution in [0.5, 0.6) is 0 Å². The molecule has 0 fully saturated rings. The van der Waals surface area contributed by atoms with E-state index in [0.717, 1.165) is 0 Å². The minimum Gasteiger partial charge on any atom is -0.461 e. The van der Waals surface area contributed by atoms with Crippen molar-refractivity contribution < 1.29 is 61.2 Å². The van der Waals surface area contributed by atoms with Gasteiger partial charge in [0.1, 0.15) is 9.76 Å². The van der Waals surface area contributed by atoms with Gasteiger partial charge in [-0.15, -0.1) is 0 Å². The second kappa shape index (κ2) is 7.38. The molecule has 16 heteroatoms. The molecule has 0 aromatic carbocycles. The predicted octanol–water partition coefficient (Wildman–Crippen LogP) is 5.47. The van der Waals surface area contributed by atoms with Gasteiger partial charge in [-0.2, -0.15) is 57.1 Å². The molecule has 0 atom stereocenters. The van der Waals surface area contributed by atoms with Gasteiger partial charge in [-0.1, -0.05) is 6.55 Å². The van der Waals surface area contributed by atoms with E-state index in [9.17, 15) is 57.1 Å². The zero-order valence-corrected chi connectivity index (χ0v) is 16.4. The quantitative estimate of drug-likeness (QED) is 0.324. The van der Waals surface area contributed by atoms with Crippen LogP contribution in [-0.4, -0.2) is 53.9 Å². The van der Waals surface area contributed by atoms with Crippen molar-refractivity contribution in [2.75, 3.05) is 0 Å². The molecular weight excluding hydrogens is 451 g/mol. The normalized spacial score (nSPS) is 16.4. The van der Waals surface area contributed by atoms with Gasteiger partial charge < -0.3 is 4.12 Å². The van der Waals surface area contributed by atoms with E-state index < -0.39 is 66.3 Å². The molecule has 0 rings (SSSR count). The molecule has 0 unspecified atom stereocenters. The summed E-state index contributed by atoms with van der Waals surface area (Å²) < 4.78 is 173. The van der Waals surface area contributed by atoms with Gasteiger partial charge in [0.05, 0.1) is 0 Å². The Labute approximate surface area is 148 Å².